The van der Waals surface area contributed by atoms with E-state index in [1.54, 1.807) is 0 Å². The van der Waals surface area contributed by atoms with Crippen LogP contribution in [0, 0.1) is 0 Å². The highest BCUT2D eigenvalue weighted by atomic mass is 16.6. The third-order valence-corrected chi connectivity index (χ3v) is 6.90. The Bertz CT molecular complexity index is 991. The first-order valence-corrected chi connectivity index (χ1v) is 16.1. The summed E-state index contributed by atoms with van der Waals surface area (Å²) >= 11 is 0. The van der Waals surface area contributed by atoms with Crippen molar-refractivity contribution < 1.29 is 19.1 Å². The first-order chi connectivity index (χ1) is 20.4. The monoisotopic (exact) mass is 597 g/mol. The van der Waals surface area contributed by atoms with Crippen LogP contribution in [0.1, 0.15) is 117 Å². The largest absolute Gasteiger partial charge is 0.450 e. The zero-order chi connectivity index (χ0) is 31.0. The molecule has 0 saturated carbocycles. The van der Waals surface area contributed by atoms with E-state index >= 15 is 0 Å². The minimum absolute atomic E-state index is 0.250. The van der Waals surface area contributed by atoms with Crippen molar-refractivity contribution in [2.24, 2.45) is 0 Å². The lowest BCUT2D eigenvalue weighted by molar-refractivity contribution is 0.145. The van der Waals surface area contributed by atoms with Crippen molar-refractivity contribution in [1.29, 1.82) is 0 Å². The lowest BCUT2D eigenvalue weighted by Crippen LogP contribution is -2.54. The van der Waals surface area contributed by atoms with E-state index in [0.717, 1.165) is 77.0 Å². The highest BCUT2D eigenvalue weighted by Crippen LogP contribution is 2.04. The molecule has 0 aromatic carbocycles. The fraction of sp³-hybridized carbons (Fsp3) is 0.833. The number of nitrogens with zero attached hydrogens (tertiary/aromatic N) is 3. The van der Waals surface area contributed by atoms with E-state index < -0.39 is 29.3 Å². The molecule has 12 nitrogen and oxygen atoms in total. The van der Waals surface area contributed by atoms with Gasteiger partial charge in [0.1, 0.15) is 0 Å². The van der Waals surface area contributed by atoms with Gasteiger partial charge in [-0.3, -0.25) is 0 Å². The number of unbranched alkanes of at least 4 members (excludes halogenated alkanes) is 10. The normalized spacial score (nSPS) is 10.9. The molecule has 2 N–H and O–H groups in total. The second-order valence-electron chi connectivity index (χ2n) is 10.7. The SMILES string of the molecule is CCCCCCCn1c(=O)n(CCCCCCNC(=O)OCCC)c(=O)n(CCCCCCNC(=O)OCCC)c1=O. The number of amides is 2. The Kier molecular flexibility index (Phi) is 20.7. The minimum Gasteiger partial charge on any atom is -0.450 e. The molecule has 0 saturated heterocycles. The summed E-state index contributed by atoms with van der Waals surface area (Å²) in [4.78, 5) is 62.6. The highest BCUT2D eigenvalue weighted by Gasteiger charge is 2.15. The number of carbonyl (C=O) groups is 2. The van der Waals surface area contributed by atoms with Gasteiger partial charge in [0.2, 0.25) is 0 Å². The predicted octanol–water partition coefficient (Wildman–Crippen LogP) is 4.54. The molecule has 0 spiro atoms. The summed E-state index contributed by atoms with van der Waals surface area (Å²) in [5.74, 6) is 0. The van der Waals surface area contributed by atoms with E-state index in [9.17, 15) is 24.0 Å². The third-order valence-electron chi connectivity index (χ3n) is 6.90. The van der Waals surface area contributed by atoms with Gasteiger partial charge in [0, 0.05) is 32.7 Å². The molecular formula is C30H55N5O7. The quantitative estimate of drug-likeness (QED) is 0.167. The Hall–Kier alpha value is -3.05. The van der Waals surface area contributed by atoms with E-state index in [0.29, 0.717) is 52.1 Å². The van der Waals surface area contributed by atoms with Crippen LogP contribution in [0.5, 0.6) is 0 Å². The van der Waals surface area contributed by atoms with Crippen LogP contribution < -0.4 is 27.7 Å². The molecule has 0 atom stereocenters. The number of aromatic nitrogens is 3. The van der Waals surface area contributed by atoms with Crippen molar-refractivity contribution in [2.75, 3.05) is 26.3 Å². The standard InChI is InChI=1S/C30H55N5O7/c1-4-7-8-11-16-21-33-28(38)34(22-17-12-9-14-19-31-26(36)41-24-5-2)30(40)35(29(33)39)23-18-13-10-15-20-32-27(37)42-25-6-3/h4-25H2,1-3H3,(H,31,36)(H,32,37). The lowest BCUT2D eigenvalue weighted by atomic mass is 10.1. The third kappa shape index (κ3) is 15.3. The zero-order valence-corrected chi connectivity index (χ0v) is 26.3. The van der Waals surface area contributed by atoms with Gasteiger partial charge in [0.05, 0.1) is 13.2 Å². The number of carbonyl (C=O) groups excluding carboxylic acids is 2. The summed E-state index contributed by atoms with van der Waals surface area (Å²) in [6.07, 6.45) is 11.7. The van der Waals surface area contributed by atoms with Crippen molar-refractivity contribution in [2.45, 2.75) is 137 Å². The number of rotatable bonds is 24. The summed E-state index contributed by atoms with van der Waals surface area (Å²) in [6, 6.07) is 0. The van der Waals surface area contributed by atoms with E-state index in [4.69, 9.17) is 9.47 Å². The number of nitrogens with one attached hydrogen (secondary N) is 2. The summed E-state index contributed by atoms with van der Waals surface area (Å²) < 4.78 is 13.6. The average Bonchev–Trinajstić information content (AvgIpc) is 2.98. The molecule has 242 valence electrons. The number of hydrogen-bond donors (Lipinski definition) is 2. The Morgan fingerprint density at radius 2 is 0.833 bits per heavy atom. The van der Waals surface area contributed by atoms with Gasteiger partial charge in [-0.25, -0.2) is 37.7 Å². The van der Waals surface area contributed by atoms with Gasteiger partial charge < -0.3 is 20.1 Å². The van der Waals surface area contributed by atoms with Crippen LogP contribution in [0.15, 0.2) is 14.4 Å². The highest BCUT2D eigenvalue weighted by molar-refractivity contribution is 5.67. The molecule has 1 rings (SSSR count). The van der Waals surface area contributed by atoms with Crippen molar-refractivity contribution in [1.82, 2.24) is 24.3 Å². The van der Waals surface area contributed by atoms with Crippen LogP contribution in [0.4, 0.5) is 9.59 Å². The van der Waals surface area contributed by atoms with Crippen LogP contribution in [-0.4, -0.2) is 52.2 Å². The van der Waals surface area contributed by atoms with E-state index in [-0.39, 0.29) is 13.1 Å². The fourth-order valence-corrected chi connectivity index (χ4v) is 4.50. The predicted molar refractivity (Wildman–Crippen MR) is 164 cm³/mol. The van der Waals surface area contributed by atoms with Gasteiger partial charge in [-0.1, -0.05) is 72.1 Å². The maximum absolute atomic E-state index is 13.2. The van der Waals surface area contributed by atoms with Crippen molar-refractivity contribution >= 4 is 12.2 Å². The summed E-state index contributed by atoms with van der Waals surface area (Å²) in [5.41, 5.74) is -1.61. The van der Waals surface area contributed by atoms with Gasteiger partial charge in [0.25, 0.3) is 0 Å². The first-order valence-electron chi connectivity index (χ1n) is 16.1. The maximum Gasteiger partial charge on any atom is 0.407 e. The van der Waals surface area contributed by atoms with Gasteiger partial charge in [0.15, 0.2) is 0 Å². The van der Waals surface area contributed by atoms with Crippen LogP contribution in [-0.2, 0) is 29.1 Å². The molecule has 2 amide bonds. The molecule has 1 aromatic rings. The molecule has 0 aliphatic heterocycles. The Morgan fingerprint density at radius 3 is 1.17 bits per heavy atom. The minimum atomic E-state index is -0.548. The van der Waals surface area contributed by atoms with Gasteiger partial charge in [-0.05, 0) is 44.9 Å². The number of alkyl carbamates (subject to hydrolysis) is 2. The number of ether oxygens (including phenoxy) is 2. The molecular weight excluding hydrogens is 542 g/mol. The second kappa shape index (κ2) is 23.5. The fourth-order valence-electron chi connectivity index (χ4n) is 4.50. The van der Waals surface area contributed by atoms with Gasteiger partial charge >= 0.3 is 29.3 Å². The molecule has 42 heavy (non-hydrogen) atoms. The Balaban J connectivity index is 2.71. The average molecular weight is 598 g/mol. The number of hydrogen-bond acceptors (Lipinski definition) is 7. The molecule has 0 radical (unpaired) electrons. The van der Waals surface area contributed by atoms with Crippen LogP contribution in [0.25, 0.3) is 0 Å². The molecule has 0 aliphatic carbocycles. The zero-order valence-electron chi connectivity index (χ0n) is 26.3. The summed E-state index contributed by atoms with van der Waals surface area (Å²) in [5, 5.41) is 5.43. The molecule has 12 heteroatoms. The molecule has 1 aromatic heterocycles. The Morgan fingerprint density at radius 1 is 0.500 bits per heavy atom. The smallest absolute Gasteiger partial charge is 0.407 e. The van der Waals surface area contributed by atoms with Gasteiger partial charge in [-0.2, -0.15) is 0 Å². The van der Waals surface area contributed by atoms with Crippen LogP contribution >= 0.6 is 0 Å². The summed E-state index contributed by atoms with van der Waals surface area (Å²) in [7, 11) is 0. The van der Waals surface area contributed by atoms with Crippen molar-refractivity contribution in [3.05, 3.63) is 31.5 Å². The van der Waals surface area contributed by atoms with E-state index in [1.165, 1.54) is 13.7 Å². The second-order valence-corrected chi connectivity index (χ2v) is 10.7. The van der Waals surface area contributed by atoms with Gasteiger partial charge in [-0.15, -0.1) is 0 Å². The topological polar surface area (TPSA) is 143 Å². The Labute approximate surface area is 250 Å². The molecule has 0 fully saturated rings. The first kappa shape index (κ1) is 37.0. The molecule has 0 unspecified atom stereocenters. The van der Waals surface area contributed by atoms with Crippen LogP contribution in [0.3, 0.4) is 0 Å². The van der Waals surface area contributed by atoms with Crippen molar-refractivity contribution in [3.8, 4) is 0 Å². The molecule has 0 aliphatic rings. The van der Waals surface area contributed by atoms with E-state index in [1.807, 2.05) is 13.8 Å². The van der Waals surface area contributed by atoms with Crippen molar-refractivity contribution in [3.63, 3.8) is 0 Å². The maximum atomic E-state index is 13.2. The van der Waals surface area contributed by atoms with Crippen LogP contribution in [0.2, 0.25) is 0 Å². The summed E-state index contributed by atoms with van der Waals surface area (Å²) in [6.45, 7) is 8.63. The lowest BCUT2D eigenvalue weighted by Gasteiger charge is -2.14. The molecule has 1 heterocycles. The van der Waals surface area contributed by atoms with E-state index in [2.05, 4.69) is 17.6 Å². The molecule has 0 bridgehead atoms.